The highest BCUT2D eigenvalue weighted by Gasteiger charge is 2.40. The Balaban J connectivity index is 0.00000353. The Morgan fingerprint density at radius 2 is 1.82 bits per heavy atom. The molecule has 2 aromatic rings. The van der Waals surface area contributed by atoms with E-state index in [9.17, 15) is 9.59 Å². The zero-order valence-electron chi connectivity index (χ0n) is 22.5. The Morgan fingerprint density at radius 3 is 2.51 bits per heavy atom. The van der Waals surface area contributed by atoms with Gasteiger partial charge in [-0.25, -0.2) is 4.79 Å². The lowest BCUT2D eigenvalue weighted by atomic mass is 9.84. The van der Waals surface area contributed by atoms with Gasteiger partial charge >= 0.3 is 6.03 Å². The maximum Gasteiger partial charge on any atom is 0.317 e. The molecule has 3 aliphatic heterocycles. The summed E-state index contributed by atoms with van der Waals surface area (Å²) < 4.78 is 5.67. The average molecular weight is 596 g/mol. The van der Waals surface area contributed by atoms with Gasteiger partial charge in [-0.15, -0.1) is 12.4 Å². The van der Waals surface area contributed by atoms with Gasteiger partial charge in [0.25, 0.3) is 5.91 Å². The Bertz CT molecular complexity index is 1190. The van der Waals surface area contributed by atoms with E-state index in [2.05, 4.69) is 10.2 Å². The van der Waals surface area contributed by atoms with E-state index in [1.165, 1.54) is 0 Å². The Kier molecular flexibility index (Phi) is 9.92. The third-order valence-corrected chi connectivity index (χ3v) is 8.98. The van der Waals surface area contributed by atoms with E-state index in [1.807, 2.05) is 60.2 Å². The summed E-state index contributed by atoms with van der Waals surface area (Å²) in [5.41, 5.74) is 2.80. The fraction of sp³-hybridized carbons (Fsp3) is 0.517. The van der Waals surface area contributed by atoms with E-state index in [-0.39, 0.29) is 36.3 Å². The Labute approximate surface area is 247 Å². The Morgan fingerprint density at radius 1 is 1.05 bits per heavy atom. The lowest BCUT2D eigenvalue weighted by Crippen LogP contribution is -2.54. The van der Waals surface area contributed by atoms with Crippen LogP contribution < -0.4 is 10.1 Å². The number of urea groups is 1. The van der Waals surface area contributed by atoms with Crippen LogP contribution >= 0.6 is 35.6 Å². The number of nitrogens with zero attached hydrogens (tertiary/aromatic N) is 3. The number of carbonyl (C=O) groups excluding carboxylic acids is 2. The molecule has 3 amide bonds. The van der Waals surface area contributed by atoms with Gasteiger partial charge in [0.2, 0.25) is 0 Å². The highest BCUT2D eigenvalue weighted by atomic mass is 35.5. The van der Waals surface area contributed by atoms with E-state index in [1.54, 1.807) is 0 Å². The molecule has 0 radical (unpaired) electrons. The molecule has 212 valence electrons. The van der Waals surface area contributed by atoms with Gasteiger partial charge in [-0.2, -0.15) is 0 Å². The second-order valence-electron chi connectivity index (χ2n) is 10.5. The first-order chi connectivity index (χ1) is 18.4. The van der Waals surface area contributed by atoms with Gasteiger partial charge in [-0.05, 0) is 74.5 Å². The minimum Gasteiger partial charge on any atom is -0.494 e. The first kappa shape index (κ1) is 29.8. The summed E-state index contributed by atoms with van der Waals surface area (Å²) in [6.07, 6.45) is 3.84. The van der Waals surface area contributed by atoms with E-state index in [4.69, 9.17) is 27.9 Å². The Hall–Kier alpha value is -2.19. The molecule has 2 fully saturated rings. The standard InChI is InChI=1S/C29H36Cl2N4O3.ClH/c1-3-38-21-6-7-23-24(18-21)28(36)33(2)27(23)22(19-5-8-25(30)26(31)17-19)11-16-34-14-9-20(10-15-34)35-13-4-12-32-29(35)37;/h5-8,17-18,20,22,27H,3-4,9-16H2,1-2H3,(H,32,37);1H. The SMILES string of the molecule is CCOc1ccc2c(c1)C(=O)N(C)C2C(CCN1CCC(N2CCCNC2=O)CC1)c1ccc(Cl)c(Cl)c1.Cl. The van der Waals surface area contributed by atoms with E-state index in [0.29, 0.717) is 34.0 Å². The number of likely N-dealkylation sites (N-methyl/N-ethyl adjacent to an activating group) is 1. The van der Waals surface area contributed by atoms with Crippen LogP contribution in [-0.4, -0.2) is 79.1 Å². The van der Waals surface area contributed by atoms with Crippen molar-refractivity contribution in [1.82, 2.24) is 20.0 Å². The highest BCUT2D eigenvalue weighted by molar-refractivity contribution is 6.42. The van der Waals surface area contributed by atoms with Crippen molar-refractivity contribution in [2.24, 2.45) is 0 Å². The molecule has 0 saturated carbocycles. The molecule has 2 unspecified atom stereocenters. The van der Waals surface area contributed by atoms with Crippen LogP contribution in [0.2, 0.25) is 10.0 Å². The molecule has 5 rings (SSSR count). The van der Waals surface area contributed by atoms with Crippen molar-refractivity contribution in [2.45, 2.75) is 50.6 Å². The normalized spacial score (nSPS) is 20.9. The second kappa shape index (κ2) is 13.0. The third kappa shape index (κ3) is 6.27. The minimum atomic E-state index is -0.111. The van der Waals surface area contributed by atoms with Crippen molar-refractivity contribution in [2.75, 3.05) is 46.4 Å². The zero-order valence-corrected chi connectivity index (χ0v) is 24.8. The number of carbonyl (C=O) groups is 2. The minimum absolute atomic E-state index is 0. The molecular weight excluding hydrogens is 559 g/mol. The number of hydrogen-bond donors (Lipinski definition) is 1. The summed E-state index contributed by atoms with van der Waals surface area (Å²) in [6.45, 7) is 6.92. The topological polar surface area (TPSA) is 65.1 Å². The van der Waals surface area contributed by atoms with Crippen LogP contribution in [0, 0.1) is 0 Å². The van der Waals surface area contributed by atoms with Crippen LogP contribution in [0.4, 0.5) is 4.79 Å². The van der Waals surface area contributed by atoms with Gasteiger partial charge in [-0.3, -0.25) is 4.79 Å². The molecular formula is C29H37Cl3N4O3. The first-order valence-corrected chi connectivity index (χ1v) is 14.4. The van der Waals surface area contributed by atoms with E-state index < -0.39 is 0 Å². The molecule has 2 atom stereocenters. The molecule has 2 saturated heterocycles. The maximum atomic E-state index is 13.3. The zero-order chi connectivity index (χ0) is 26.8. The molecule has 0 aromatic heterocycles. The number of nitrogens with one attached hydrogen (secondary N) is 1. The van der Waals surface area contributed by atoms with E-state index >= 15 is 0 Å². The van der Waals surface area contributed by atoms with Crippen LogP contribution in [0.5, 0.6) is 5.75 Å². The monoisotopic (exact) mass is 594 g/mol. The summed E-state index contributed by atoms with van der Waals surface area (Å²) in [7, 11) is 1.88. The van der Waals surface area contributed by atoms with Gasteiger partial charge in [0.15, 0.2) is 0 Å². The average Bonchev–Trinajstić information content (AvgIpc) is 3.16. The van der Waals surface area contributed by atoms with Gasteiger partial charge in [0, 0.05) is 50.7 Å². The fourth-order valence-corrected chi connectivity index (χ4v) is 6.58. The number of ether oxygens (including phenoxy) is 1. The largest absolute Gasteiger partial charge is 0.494 e. The summed E-state index contributed by atoms with van der Waals surface area (Å²) >= 11 is 12.7. The second-order valence-corrected chi connectivity index (χ2v) is 11.3. The number of likely N-dealkylation sites (tertiary alicyclic amines) is 1. The molecule has 3 heterocycles. The smallest absolute Gasteiger partial charge is 0.317 e. The molecule has 0 aliphatic carbocycles. The molecule has 10 heteroatoms. The molecule has 3 aliphatic rings. The summed E-state index contributed by atoms with van der Waals surface area (Å²) in [5.74, 6) is 0.769. The molecule has 0 bridgehead atoms. The number of benzene rings is 2. The van der Waals surface area contributed by atoms with Gasteiger partial charge in [-0.1, -0.05) is 35.3 Å². The number of fused-ring (bicyclic) bond motifs is 1. The highest BCUT2D eigenvalue weighted by Crippen LogP contribution is 2.46. The van der Waals surface area contributed by atoms with Crippen molar-refractivity contribution >= 4 is 47.5 Å². The summed E-state index contributed by atoms with van der Waals surface area (Å²) in [6, 6.07) is 12.0. The lowest BCUT2D eigenvalue weighted by molar-refractivity contribution is 0.0740. The van der Waals surface area contributed by atoms with Crippen molar-refractivity contribution < 1.29 is 14.3 Å². The molecule has 2 aromatic carbocycles. The van der Waals surface area contributed by atoms with E-state index in [0.717, 1.165) is 69.5 Å². The predicted octanol–water partition coefficient (Wildman–Crippen LogP) is 5.99. The lowest BCUT2D eigenvalue weighted by Gasteiger charge is -2.40. The number of rotatable bonds is 8. The van der Waals surface area contributed by atoms with Crippen LogP contribution in [0.25, 0.3) is 0 Å². The number of amides is 3. The first-order valence-electron chi connectivity index (χ1n) is 13.6. The molecule has 0 spiro atoms. The van der Waals surface area contributed by atoms with Crippen molar-refractivity contribution in [1.29, 1.82) is 0 Å². The number of halogens is 3. The quantitative estimate of drug-likeness (QED) is 0.407. The summed E-state index contributed by atoms with van der Waals surface area (Å²) in [4.78, 5) is 32.0. The van der Waals surface area contributed by atoms with Crippen molar-refractivity contribution in [3.63, 3.8) is 0 Å². The van der Waals surface area contributed by atoms with Gasteiger partial charge < -0.3 is 24.8 Å². The van der Waals surface area contributed by atoms with Crippen LogP contribution in [-0.2, 0) is 0 Å². The molecule has 1 N–H and O–H groups in total. The van der Waals surface area contributed by atoms with Gasteiger partial charge in [0.1, 0.15) is 5.75 Å². The fourth-order valence-electron chi connectivity index (χ4n) is 6.27. The van der Waals surface area contributed by atoms with Crippen LogP contribution in [0.15, 0.2) is 36.4 Å². The summed E-state index contributed by atoms with van der Waals surface area (Å²) in [5, 5.41) is 4.02. The predicted molar refractivity (Wildman–Crippen MR) is 158 cm³/mol. The van der Waals surface area contributed by atoms with Crippen molar-refractivity contribution in [3.8, 4) is 5.75 Å². The van der Waals surface area contributed by atoms with Crippen LogP contribution in [0.3, 0.4) is 0 Å². The number of hydrogen-bond acceptors (Lipinski definition) is 4. The molecule has 39 heavy (non-hydrogen) atoms. The third-order valence-electron chi connectivity index (χ3n) is 8.24. The van der Waals surface area contributed by atoms with Crippen molar-refractivity contribution in [3.05, 3.63) is 63.1 Å². The van der Waals surface area contributed by atoms with Crippen LogP contribution in [0.1, 0.15) is 66.1 Å². The maximum absolute atomic E-state index is 13.3. The molecule has 7 nitrogen and oxygen atoms in total. The number of piperidine rings is 1. The van der Waals surface area contributed by atoms with Gasteiger partial charge in [0.05, 0.1) is 22.7 Å².